The number of nitrogens with one attached hydrogen (secondary N) is 2. The van der Waals surface area contributed by atoms with Gasteiger partial charge in [-0.2, -0.15) is 0 Å². The van der Waals surface area contributed by atoms with Crippen molar-refractivity contribution >= 4 is 5.84 Å². The Balaban J connectivity index is 1.32. The molecule has 6 nitrogen and oxygen atoms in total. The lowest BCUT2D eigenvalue weighted by atomic mass is 9.77. The van der Waals surface area contributed by atoms with Gasteiger partial charge in [-0.15, -0.1) is 0 Å². The Hall–Kier alpha value is -2.05. The third-order valence-corrected chi connectivity index (χ3v) is 7.87. The van der Waals surface area contributed by atoms with E-state index in [1.807, 2.05) is 0 Å². The molecular formula is C27H43N5O. The van der Waals surface area contributed by atoms with E-state index in [-0.39, 0.29) is 0 Å². The lowest BCUT2D eigenvalue weighted by Crippen LogP contribution is -2.61. The van der Waals surface area contributed by atoms with Crippen LogP contribution in [-0.4, -0.2) is 44.3 Å². The zero-order valence-corrected chi connectivity index (χ0v) is 21.3. The van der Waals surface area contributed by atoms with Gasteiger partial charge in [0.05, 0.1) is 7.11 Å². The van der Waals surface area contributed by atoms with E-state index in [1.54, 1.807) is 7.11 Å². The minimum absolute atomic E-state index is 0.381. The van der Waals surface area contributed by atoms with Crippen LogP contribution in [0.1, 0.15) is 68.1 Å². The molecule has 1 aromatic rings. The van der Waals surface area contributed by atoms with E-state index in [0.29, 0.717) is 11.8 Å². The maximum absolute atomic E-state index is 6.96. The summed E-state index contributed by atoms with van der Waals surface area (Å²) in [7, 11) is 5.93. The van der Waals surface area contributed by atoms with Crippen LogP contribution in [-0.2, 0) is 6.54 Å². The molecule has 1 heterocycles. The van der Waals surface area contributed by atoms with Crippen molar-refractivity contribution in [1.82, 2.24) is 15.5 Å². The summed E-state index contributed by atoms with van der Waals surface area (Å²) in [5.74, 6) is 2.49. The van der Waals surface area contributed by atoms with Crippen LogP contribution in [0.5, 0.6) is 5.75 Å². The summed E-state index contributed by atoms with van der Waals surface area (Å²) in [4.78, 5) is 7.26. The molecule has 2 aliphatic carbocycles. The summed E-state index contributed by atoms with van der Waals surface area (Å²) in [6, 6.07) is 4.39. The average molecular weight is 454 g/mol. The number of methoxy groups -OCH3 is 1. The Morgan fingerprint density at radius 1 is 1.12 bits per heavy atom. The molecule has 1 saturated carbocycles. The van der Waals surface area contributed by atoms with E-state index >= 15 is 0 Å². The largest absolute Gasteiger partial charge is 0.496 e. The first kappa shape index (κ1) is 24.1. The molecule has 1 aromatic carbocycles. The number of allylic oxidation sites excluding steroid dienone is 1. The molecule has 1 unspecified atom stereocenters. The van der Waals surface area contributed by atoms with Crippen LogP contribution in [0.2, 0.25) is 0 Å². The number of benzene rings is 1. The quantitative estimate of drug-likeness (QED) is 0.602. The third-order valence-electron chi connectivity index (χ3n) is 7.87. The molecule has 1 aliphatic heterocycles. The number of hydrogen-bond acceptors (Lipinski definition) is 6. The highest BCUT2D eigenvalue weighted by molar-refractivity contribution is 5.99. The molecule has 0 amide bonds. The van der Waals surface area contributed by atoms with Crippen LogP contribution in [0.3, 0.4) is 0 Å². The smallest absolute Gasteiger partial charge is 0.187 e. The molecule has 0 saturated heterocycles. The minimum atomic E-state index is -0.661. The number of nitrogens with zero attached hydrogens (tertiary/aromatic N) is 2. The van der Waals surface area contributed by atoms with Crippen molar-refractivity contribution in [3.8, 4) is 5.75 Å². The molecule has 0 spiro atoms. The summed E-state index contributed by atoms with van der Waals surface area (Å²) >= 11 is 0. The normalized spacial score (nSPS) is 27.5. The second-order valence-corrected chi connectivity index (χ2v) is 10.5. The molecule has 0 aromatic heterocycles. The summed E-state index contributed by atoms with van der Waals surface area (Å²) in [5, 5.41) is 7.41. The number of likely N-dealkylation sites (N-methyl/N-ethyl adjacent to an activating group) is 1. The van der Waals surface area contributed by atoms with Gasteiger partial charge in [0.25, 0.3) is 0 Å². The van der Waals surface area contributed by atoms with E-state index in [1.165, 1.54) is 53.6 Å². The number of nitrogens with two attached hydrogens (primary N) is 1. The van der Waals surface area contributed by atoms with Crippen LogP contribution in [0.15, 0.2) is 28.4 Å². The second-order valence-electron chi connectivity index (χ2n) is 10.5. The molecule has 0 bridgehead atoms. The Labute approximate surface area is 200 Å². The Morgan fingerprint density at radius 3 is 2.55 bits per heavy atom. The number of hydrogen-bond donors (Lipinski definition) is 3. The highest BCUT2D eigenvalue weighted by atomic mass is 16.5. The van der Waals surface area contributed by atoms with Gasteiger partial charge < -0.3 is 20.3 Å². The molecule has 4 N–H and O–H groups in total. The van der Waals surface area contributed by atoms with Gasteiger partial charge in [-0.25, -0.2) is 4.99 Å². The molecule has 4 rings (SSSR count). The fraction of sp³-hybridized carbons (Fsp3) is 0.667. The van der Waals surface area contributed by atoms with Crippen molar-refractivity contribution in [2.24, 2.45) is 22.6 Å². The summed E-state index contributed by atoms with van der Waals surface area (Å²) in [6.45, 7) is 6.25. The predicted molar refractivity (Wildman–Crippen MR) is 136 cm³/mol. The van der Waals surface area contributed by atoms with Crippen LogP contribution in [0.25, 0.3) is 0 Å². The second kappa shape index (κ2) is 10.1. The fourth-order valence-electron chi connectivity index (χ4n) is 5.84. The first-order chi connectivity index (χ1) is 15.8. The van der Waals surface area contributed by atoms with Gasteiger partial charge in [-0.05, 0) is 100 Å². The lowest BCUT2D eigenvalue weighted by Gasteiger charge is -2.45. The summed E-state index contributed by atoms with van der Waals surface area (Å²) in [5.41, 5.74) is 13.5. The first-order valence-corrected chi connectivity index (χ1v) is 12.7. The maximum atomic E-state index is 6.96. The van der Waals surface area contributed by atoms with Gasteiger partial charge in [-0.1, -0.05) is 6.07 Å². The topological polar surface area (TPSA) is 74.9 Å². The predicted octanol–water partition coefficient (Wildman–Crippen LogP) is 4.21. The fourth-order valence-corrected chi connectivity index (χ4v) is 5.84. The van der Waals surface area contributed by atoms with Crippen LogP contribution < -0.4 is 21.1 Å². The minimum Gasteiger partial charge on any atom is -0.496 e. The van der Waals surface area contributed by atoms with E-state index < -0.39 is 5.79 Å². The van der Waals surface area contributed by atoms with Crippen molar-refractivity contribution in [1.29, 1.82) is 0 Å². The maximum Gasteiger partial charge on any atom is 0.187 e. The lowest BCUT2D eigenvalue weighted by molar-refractivity contribution is 0.150. The van der Waals surface area contributed by atoms with Gasteiger partial charge in [0, 0.05) is 37.8 Å². The van der Waals surface area contributed by atoms with Crippen LogP contribution in [0, 0.1) is 25.7 Å². The van der Waals surface area contributed by atoms with Gasteiger partial charge in [0.2, 0.25) is 0 Å². The van der Waals surface area contributed by atoms with Crippen molar-refractivity contribution in [2.45, 2.75) is 77.5 Å². The van der Waals surface area contributed by atoms with Crippen molar-refractivity contribution in [3.63, 3.8) is 0 Å². The molecule has 3 aliphatic rings. The van der Waals surface area contributed by atoms with Crippen molar-refractivity contribution in [2.75, 3.05) is 27.7 Å². The van der Waals surface area contributed by atoms with Crippen molar-refractivity contribution in [3.05, 3.63) is 40.1 Å². The molecule has 1 fully saturated rings. The van der Waals surface area contributed by atoms with Gasteiger partial charge in [0.1, 0.15) is 11.6 Å². The van der Waals surface area contributed by atoms with E-state index in [0.717, 1.165) is 50.4 Å². The van der Waals surface area contributed by atoms with Crippen LogP contribution in [0.4, 0.5) is 0 Å². The Kier molecular flexibility index (Phi) is 7.34. The molecule has 1 atom stereocenters. The third kappa shape index (κ3) is 5.22. The SMILES string of the molecule is COc1cc(C)c(CNCC2CCC(C3(N)N=C(N(C)C)C4=C(CCCC4)N3)CC2)cc1C. The number of ether oxygens (including phenoxy) is 1. The number of aliphatic imine (C=N–C) groups is 1. The number of aryl methyl sites for hydroxylation is 2. The Morgan fingerprint density at radius 2 is 1.85 bits per heavy atom. The zero-order chi connectivity index (χ0) is 23.6. The summed E-state index contributed by atoms with van der Waals surface area (Å²) in [6.07, 6.45) is 9.38. The zero-order valence-electron chi connectivity index (χ0n) is 21.3. The Bertz CT molecular complexity index is 913. The van der Waals surface area contributed by atoms with Crippen molar-refractivity contribution < 1.29 is 4.74 Å². The van der Waals surface area contributed by atoms with E-state index in [4.69, 9.17) is 15.5 Å². The highest BCUT2D eigenvalue weighted by Gasteiger charge is 2.42. The monoisotopic (exact) mass is 453 g/mol. The molecule has 182 valence electrons. The van der Waals surface area contributed by atoms with E-state index in [2.05, 4.69) is 55.6 Å². The highest BCUT2D eigenvalue weighted by Crippen LogP contribution is 2.38. The first-order valence-electron chi connectivity index (χ1n) is 12.7. The standard InChI is InChI=1S/C27H43N5O/c1-18-15-25(33-5)19(2)14-21(18)17-29-16-20-10-12-22(13-11-20)27(28)30-24-9-7-6-8-23(24)26(31-27)32(3)4/h14-15,20,22,29-30H,6-13,16-17,28H2,1-5H3. The van der Waals surface area contributed by atoms with E-state index in [9.17, 15) is 0 Å². The summed E-state index contributed by atoms with van der Waals surface area (Å²) < 4.78 is 5.45. The number of rotatable bonds is 6. The molecular weight excluding hydrogens is 410 g/mol. The number of amidine groups is 1. The molecule has 33 heavy (non-hydrogen) atoms. The average Bonchev–Trinajstić information content (AvgIpc) is 2.80. The van der Waals surface area contributed by atoms with Gasteiger partial charge >= 0.3 is 0 Å². The molecule has 0 radical (unpaired) electrons. The van der Waals surface area contributed by atoms with Crippen LogP contribution >= 0.6 is 0 Å². The molecule has 6 heteroatoms. The van der Waals surface area contributed by atoms with Gasteiger partial charge in [0.15, 0.2) is 5.79 Å². The van der Waals surface area contributed by atoms with Gasteiger partial charge in [-0.3, -0.25) is 5.73 Å².